The number of carbonyl (C=O) groups excluding carboxylic acids is 2. The molecule has 0 unspecified atom stereocenters. The summed E-state index contributed by atoms with van der Waals surface area (Å²) in [4.78, 5) is 24.6. The van der Waals surface area contributed by atoms with Crippen molar-refractivity contribution < 1.29 is 19.1 Å². The van der Waals surface area contributed by atoms with Crippen molar-refractivity contribution in [3.63, 3.8) is 0 Å². The van der Waals surface area contributed by atoms with Gasteiger partial charge in [-0.25, -0.2) is 4.79 Å². The van der Waals surface area contributed by atoms with E-state index in [4.69, 9.17) is 9.47 Å². The molecule has 0 aliphatic heterocycles. The summed E-state index contributed by atoms with van der Waals surface area (Å²) in [6.07, 6.45) is 0.226. The number of esters is 1. The van der Waals surface area contributed by atoms with Crippen molar-refractivity contribution >= 4 is 27.8 Å². The predicted molar refractivity (Wildman–Crippen MR) is 108 cm³/mol. The Hall–Kier alpha value is -2.34. The number of amides is 1. The number of hydrogen-bond acceptors (Lipinski definition) is 4. The Morgan fingerprint density at radius 2 is 1.78 bits per heavy atom. The van der Waals surface area contributed by atoms with E-state index in [0.717, 1.165) is 10.0 Å². The van der Waals surface area contributed by atoms with E-state index in [0.29, 0.717) is 5.75 Å². The molecule has 2 aromatic rings. The van der Waals surface area contributed by atoms with Gasteiger partial charge in [0.05, 0.1) is 6.42 Å². The third kappa shape index (κ3) is 7.43. The largest absolute Gasteiger partial charge is 0.490 e. The molecule has 1 atom stereocenters. The molecule has 1 amide bonds. The third-order valence-corrected chi connectivity index (χ3v) is 4.33. The van der Waals surface area contributed by atoms with Crippen LogP contribution >= 0.6 is 15.9 Å². The van der Waals surface area contributed by atoms with Crippen LogP contribution in [0.2, 0.25) is 0 Å². The number of ether oxygens (including phenoxy) is 2. The molecule has 27 heavy (non-hydrogen) atoms. The van der Waals surface area contributed by atoms with E-state index in [-0.39, 0.29) is 31.5 Å². The highest BCUT2D eigenvalue weighted by Gasteiger charge is 2.25. The Bertz CT molecular complexity index is 749. The smallest absolute Gasteiger partial charge is 0.329 e. The molecule has 2 aromatic carbocycles. The summed E-state index contributed by atoms with van der Waals surface area (Å²) in [7, 11) is 0. The minimum absolute atomic E-state index is 0.0804. The Morgan fingerprint density at radius 3 is 2.44 bits per heavy atom. The number of halogens is 1. The lowest BCUT2D eigenvalue weighted by molar-refractivity contribution is -0.149. The van der Waals surface area contributed by atoms with Gasteiger partial charge in [0, 0.05) is 4.47 Å². The molecule has 0 fully saturated rings. The van der Waals surface area contributed by atoms with Crippen LogP contribution < -0.4 is 10.1 Å². The molecule has 0 saturated carbocycles. The topological polar surface area (TPSA) is 64.6 Å². The summed E-state index contributed by atoms with van der Waals surface area (Å²) in [5, 5.41) is 2.77. The second kappa shape index (κ2) is 10.7. The summed E-state index contributed by atoms with van der Waals surface area (Å²) in [5.74, 6) is -0.0493. The molecule has 0 saturated heterocycles. The van der Waals surface area contributed by atoms with E-state index in [1.165, 1.54) is 0 Å². The van der Waals surface area contributed by atoms with E-state index >= 15 is 0 Å². The second-order valence-corrected chi connectivity index (χ2v) is 7.34. The van der Waals surface area contributed by atoms with Crippen LogP contribution in [0.5, 0.6) is 5.75 Å². The molecule has 0 heterocycles. The summed E-state index contributed by atoms with van der Waals surface area (Å²) < 4.78 is 11.7. The molecular formula is C21H24BrNO4. The van der Waals surface area contributed by atoms with Gasteiger partial charge in [-0.05, 0) is 29.7 Å². The van der Waals surface area contributed by atoms with E-state index in [1.807, 2.05) is 68.4 Å². The van der Waals surface area contributed by atoms with Gasteiger partial charge in [-0.1, -0.05) is 66.2 Å². The number of nitrogens with one attached hydrogen (secondary N) is 1. The van der Waals surface area contributed by atoms with Gasteiger partial charge < -0.3 is 14.8 Å². The molecular weight excluding hydrogens is 410 g/mol. The first kappa shape index (κ1) is 21.0. The Labute approximate surface area is 168 Å². The zero-order chi connectivity index (χ0) is 19.6. The molecule has 1 N–H and O–H groups in total. The van der Waals surface area contributed by atoms with Crippen molar-refractivity contribution in [2.75, 3.05) is 13.2 Å². The molecule has 5 nitrogen and oxygen atoms in total. The number of hydrogen-bond donors (Lipinski definition) is 1. The maximum absolute atomic E-state index is 12.3. The fourth-order valence-corrected chi connectivity index (χ4v) is 2.83. The van der Waals surface area contributed by atoms with E-state index in [9.17, 15) is 9.59 Å². The highest BCUT2D eigenvalue weighted by molar-refractivity contribution is 9.10. The monoisotopic (exact) mass is 433 g/mol. The zero-order valence-corrected chi connectivity index (χ0v) is 17.1. The summed E-state index contributed by atoms with van der Waals surface area (Å²) in [6, 6.07) is 16.1. The van der Waals surface area contributed by atoms with E-state index in [2.05, 4.69) is 21.2 Å². The molecule has 0 radical (unpaired) electrons. The van der Waals surface area contributed by atoms with Gasteiger partial charge in [0.25, 0.3) is 0 Å². The van der Waals surface area contributed by atoms with E-state index in [1.54, 1.807) is 0 Å². The van der Waals surface area contributed by atoms with Crippen LogP contribution in [0.3, 0.4) is 0 Å². The third-order valence-electron chi connectivity index (χ3n) is 3.84. The minimum Gasteiger partial charge on any atom is -0.490 e. The van der Waals surface area contributed by atoms with Crippen molar-refractivity contribution in [3.05, 3.63) is 64.6 Å². The van der Waals surface area contributed by atoms with Crippen LogP contribution in [0.25, 0.3) is 0 Å². The average molecular weight is 434 g/mol. The normalized spacial score (nSPS) is 11.7. The maximum Gasteiger partial charge on any atom is 0.329 e. The van der Waals surface area contributed by atoms with Gasteiger partial charge in [0.2, 0.25) is 5.91 Å². The number of rotatable bonds is 9. The molecule has 0 bridgehead atoms. The first-order valence-corrected chi connectivity index (χ1v) is 9.63. The summed E-state index contributed by atoms with van der Waals surface area (Å²) in [5.41, 5.74) is 0.897. The second-order valence-electron chi connectivity index (χ2n) is 6.42. The molecule has 144 valence electrons. The lowest BCUT2D eigenvalue weighted by atomic mass is 10.0. The highest BCUT2D eigenvalue weighted by atomic mass is 79.9. The van der Waals surface area contributed by atoms with Crippen molar-refractivity contribution in [1.82, 2.24) is 5.32 Å². The van der Waals surface area contributed by atoms with Crippen LogP contribution in [-0.2, 0) is 20.7 Å². The first-order valence-electron chi connectivity index (χ1n) is 8.84. The SMILES string of the molecule is CC(C)[C@H](NC(=O)Cc1ccccc1)C(=O)OCCOc1cccc(Br)c1. The molecule has 6 heteroatoms. The summed E-state index contributed by atoms with van der Waals surface area (Å²) >= 11 is 3.37. The number of carbonyl (C=O) groups is 2. The van der Waals surface area contributed by atoms with Gasteiger partial charge >= 0.3 is 5.97 Å². The quantitative estimate of drug-likeness (QED) is 0.482. The van der Waals surface area contributed by atoms with Crippen LogP contribution in [-0.4, -0.2) is 31.1 Å². The van der Waals surface area contributed by atoms with Crippen LogP contribution in [0.1, 0.15) is 19.4 Å². The molecule has 2 rings (SSSR count). The van der Waals surface area contributed by atoms with E-state index < -0.39 is 12.0 Å². The van der Waals surface area contributed by atoms with Gasteiger partial charge in [-0.3, -0.25) is 4.79 Å². The fraction of sp³-hybridized carbons (Fsp3) is 0.333. The van der Waals surface area contributed by atoms with Crippen molar-refractivity contribution in [2.24, 2.45) is 5.92 Å². The Kier molecular flexibility index (Phi) is 8.33. The van der Waals surface area contributed by atoms with Gasteiger partial charge in [0.1, 0.15) is 25.0 Å². The lowest BCUT2D eigenvalue weighted by Gasteiger charge is -2.21. The zero-order valence-electron chi connectivity index (χ0n) is 15.5. The Balaban J connectivity index is 1.79. The van der Waals surface area contributed by atoms with Crippen molar-refractivity contribution in [1.29, 1.82) is 0 Å². The number of benzene rings is 2. The molecule has 0 aliphatic rings. The predicted octanol–water partition coefficient (Wildman–Crippen LogP) is 3.75. The van der Waals surface area contributed by atoms with Crippen LogP contribution in [0.4, 0.5) is 0 Å². The van der Waals surface area contributed by atoms with Crippen LogP contribution in [0, 0.1) is 5.92 Å². The standard InChI is InChI=1S/C21H24BrNO4/c1-15(2)20(23-19(24)13-16-7-4-3-5-8-16)21(25)27-12-11-26-18-10-6-9-17(22)14-18/h3-10,14-15,20H,11-13H2,1-2H3,(H,23,24)/t20-/m0/s1. The Morgan fingerprint density at radius 1 is 1.04 bits per heavy atom. The van der Waals surface area contributed by atoms with Crippen LogP contribution in [0.15, 0.2) is 59.1 Å². The highest BCUT2D eigenvalue weighted by Crippen LogP contribution is 2.17. The minimum atomic E-state index is -0.688. The maximum atomic E-state index is 12.3. The lowest BCUT2D eigenvalue weighted by Crippen LogP contribution is -2.46. The van der Waals surface area contributed by atoms with Gasteiger partial charge in [0.15, 0.2) is 0 Å². The molecule has 0 aromatic heterocycles. The molecule has 0 aliphatic carbocycles. The van der Waals surface area contributed by atoms with Gasteiger partial charge in [-0.2, -0.15) is 0 Å². The van der Waals surface area contributed by atoms with Gasteiger partial charge in [-0.15, -0.1) is 0 Å². The summed E-state index contributed by atoms with van der Waals surface area (Å²) in [6.45, 7) is 4.09. The molecule has 0 spiro atoms. The van der Waals surface area contributed by atoms with Crippen molar-refractivity contribution in [3.8, 4) is 5.75 Å². The first-order chi connectivity index (χ1) is 13.0. The average Bonchev–Trinajstić information content (AvgIpc) is 2.64. The van der Waals surface area contributed by atoms with Crippen molar-refractivity contribution in [2.45, 2.75) is 26.3 Å². The fourth-order valence-electron chi connectivity index (χ4n) is 2.45.